The number of fused-ring (bicyclic) bond motifs is 6. The molecule has 8 aromatic rings. The van der Waals surface area contributed by atoms with Crippen molar-refractivity contribution in [2.75, 3.05) is 10.2 Å². The quantitative estimate of drug-likeness (QED) is 0.171. The SMILES string of the molecule is CC12CCCCC1(C)N1c3cc(-c4ccccc4)cc(-c4c(Nc5ccc(-c6ccccc6)cc5)ccc5ccccc45)c3Bc3cc(-c4ccccc4)cc2c31. The highest BCUT2D eigenvalue weighted by Gasteiger charge is 2.59. The third-order valence-electron chi connectivity index (χ3n) is 13.8. The second-order valence-electron chi connectivity index (χ2n) is 16.9. The molecule has 0 aromatic heterocycles. The minimum Gasteiger partial charge on any atom is -0.355 e. The minimum atomic E-state index is -0.0558. The number of hydrogen-bond acceptors (Lipinski definition) is 2. The van der Waals surface area contributed by atoms with Gasteiger partial charge in [-0.25, -0.2) is 0 Å². The molecule has 2 nitrogen and oxygen atoms in total. The Kier molecular flexibility index (Phi) is 7.83. The molecule has 3 heteroatoms. The molecule has 1 fully saturated rings. The van der Waals surface area contributed by atoms with Crippen LogP contribution in [0.2, 0.25) is 0 Å². The molecule has 2 atom stereocenters. The average Bonchev–Trinajstić information content (AvgIpc) is 3.48. The second kappa shape index (κ2) is 13.1. The molecule has 0 radical (unpaired) electrons. The Balaban J connectivity index is 1.16. The monoisotopic (exact) mass is 732 g/mol. The molecule has 0 saturated heterocycles. The molecular weight excluding hydrogens is 687 g/mol. The maximum atomic E-state index is 3.94. The Labute approximate surface area is 337 Å². The van der Waals surface area contributed by atoms with Gasteiger partial charge in [-0.05, 0) is 117 Å². The number of nitrogens with one attached hydrogen (secondary N) is 1. The fourth-order valence-electron chi connectivity index (χ4n) is 10.7. The predicted molar refractivity (Wildman–Crippen MR) is 245 cm³/mol. The van der Waals surface area contributed by atoms with Gasteiger partial charge in [-0.3, -0.25) is 0 Å². The van der Waals surface area contributed by atoms with Gasteiger partial charge in [-0.2, -0.15) is 0 Å². The van der Waals surface area contributed by atoms with Crippen LogP contribution in [0, 0.1) is 0 Å². The van der Waals surface area contributed by atoms with Gasteiger partial charge in [0, 0.05) is 33.7 Å². The molecule has 2 heterocycles. The van der Waals surface area contributed by atoms with Gasteiger partial charge in [-0.15, -0.1) is 0 Å². The van der Waals surface area contributed by atoms with E-state index in [2.05, 4.69) is 200 Å². The smallest absolute Gasteiger partial charge is 0.198 e. The van der Waals surface area contributed by atoms with Crippen molar-refractivity contribution in [3.05, 3.63) is 181 Å². The molecular formula is C54H45BN2. The topological polar surface area (TPSA) is 15.3 Å². The summed E-state index contributed by atoms with van der Waals surface area (Å²) in [7, 11) is 0.875. The molecule has 2 unspecified atom stereocenters. The van der Waals surface area contributed by atoms with E-state index in [-0.39, 0.29) is 11.0 Å². The summed E-state index contributed by atoms with van der Waals surface area (Å²) in [6, 6.07) is 65.1. The number of nitrogens with zero attached hydrogens (tertiary/aromatic N) is 1. The standard InChI is InChI=1S/C54H45BN2/c1-53-30-14-15-31-54(53,2)57-49-35-41(37-18-8-4-9-19-37)32-45(51(49)55-47-34-42(33-46(53)52(47)57)38-20-10-5-11-21-38)50-44-23-13-12-22-40(44)26-29-48(50)56-43-27-24-39(25-28-43)36-16-6-3-7-17-36/h3-13,16-29,32-35,55-56H,14-15,30-31H2,1-2H3. The highest BCUT2D eigenvalue weighted by Crippen LogP contribution is 2.61. The minimum absolute atomic E-state index is 0.0305. The molecule has 1 saturated carbocycles. The van der Waals surface area contributed by atoms with Crippen LogP contribution in [0.4, 0.5) is 22.7 Å². The van der Waals surface area contributed by atoms with E-state index in [0.29, 0.717) is 0 Å². The van der Waals surface area contributed by atoms with Crippen molar-refractivity contribution < 1.29 is 0 Å². The summed E-state index contributed by atoms with van der Waals surface area (Å²) >= 11 is 0. The fraction of sp³-hybridized carbons (Fsp3) is 0.148. The Bertz CT molecular complexity index is 2810. The van der Waals surface area contributed by atoms with Crippen molar-refractivity contribution in [1.29, 1.82) is 0 Å². The van der Waals surface area contributed by atoms with Crippen molar-refractivity contribution in [3.63, 3.8) is 0 Å². The van der Waals surface area contributed by atoms with Gasteiger partial charge in [0.2, 0.25) is 0 Å². The van der Waals surface area contributed by atoms with Crippen molar-refractivity contribution in [2.24, 2.45) is 0 Å². The van der Waals surface area contributed by atoms with Crippen LogP contribution in [0.3, 0.4) is 0 Å². The van der Waals surface area contributed by atoms with Crippen molar-refractivity contribution in [1.82, 2.24) is 0 Å². The lowest BCUT2D eigenvalue weighted by Gasteiger charge is -2.51. The third-order valence-corrected chi connectivity index (χ3v) is 13.8. The largest absolute Gasteiger partial charge is 0.355 e. The first-order chi connectivity index (χ1) is 28.0. The highest BCUT2D eigenvalue weighted by atomic mass is 15.3. The average molecular weight is 733 g/mol. The van der Waals surface area contributed by atoms with Crippen LogP contribution < -0.4 is 21.1 Å². The predicted octanol–water partition coefficient (Wildman–Crippen LogP) is 12.7. The number of benzene rings is 8. The lowest BCUT2D eigenvalue weighted by molar-refractivity contribution is 0.195. The lowest BCUT2D eigenvalue weighted by atomic mass is 9.57. The number of hydrogen-bond donors (Lipinski definition) is 1. The first-order valence-corrected chi connectivity index (χ1v) is 20.7. The molecule has 8 aromatic carbocycles. The van der Waals surface area contributed by atoms with Crippen LogP contribution in [0.5, 0.6) is 0 Å². The van der Waals surface area contributed by atoms with Gasteiger partial charge in [-0.1, -0.05) is 165 Å². The zero-order valence-corrected chi connectivity index (χ0v) is 32.7. The lowest BCUT2D eigenvalue weighted by Crippen LogP contribution is -2.57. The highest BCUT2D eigenvalue weighted by molar-refractivity contribution is 6.73. The normalized spacial score (nSPS) is 19.0. The second-order valence-corrected chi connectivity index (χ2v) is 16.9. The van der Waals surface area contributed by atoms with Crippen molar-refractivity contribution >= 4 is 51.7 Å². The zero-order chi connectivity index (χ0) is 38.1. The van der Waals surface area contributed by atoms with Gasteiger partial charge >= 0.3 is 0 Å². The molecule has 1 N–H and O–H groups in total. The number of anilines is 4. The summed E-state index contributed by atoms with van der Waals surface area (Å²) < 4.78 is 0. The Hall–Kier alpha value is -6.32. The summed E-state index contributed by atoms with van der Waals surface area (Å²) in [6.07, 6.45) is 4.89. The number of rotatable bonds is 6. The van der Waals surface area contributed by atoms with E-state index in [1.807, 2.05) is 0 Å². The van der Waals surface area contributed by atoms with E-state index in [0.717, 1.165) is 18.7 Å². The van der Waals surface area contributed by atoms with Crippen molar-refractivity contribution in [2.45, 2.75) is 50.5 Å². The Morgan fingerprint density at radius 2 is 1.14 bits per heavy atom. The van der Waals surface area contributed by atoms with Gasteiger partial charge in [0.25, 0.3) is 0 Å². The summed E-state index contributed by atoms with van der Waals surface area (Å²) in [5.41, 5.74) is 19.5. The first-order valence-electron chi connectivity index (χ1n) is 20.7. The van der Waals surface area contributed by atoms with E-state index in [9.17, 15) is 0 Å². The van der Waals surface area contributed by atoms with Crippen LogP contribution >= 0.6 is 0 Å². The maximum absolute atomic E-state index is 3.94. The van der Waals surface area contributed by atoms with Crippen LogP contribution in [-0.4, -0.2) is 12.8 Å². The van der Waals surface area contributed by atoms with Gasteiger partial charge < -0.3 is 10.2 Å². The third kappa shape index (κ3) is 5.32. The maximum Gasteiger partial charge on any atom is 0.198 e. The molecule has 1 aliphatic carbocycles. The van der Waals surface area contributed by atoms with Crippen LogP contribution in [0.25, 0.3) is 55.3 Å². The molecule has 274 valence electrons. The van der Waals surface area contributed by atoms with Gasteiger partial charge in [0.15, 0.2) is 7.28 Å². The van der Waals surface area contributed by atoms with E-state index in [4.69, 9.17) is 0 Å². The molecule has 11 rings (SSSR count). The van der Waals surface area contributed by atoms with Crippen LogP contribution in [-0.2, 0) is 5.41 Å². The van der Waals surface area contributed by atoms with E-state index < -0.39 is 0 Å². The fourth-order valence-corrected chi connectivity index (χ4v) is 10.7. The summed E-state index contributed by atoms with van der Waals surface area (Å²) in [5, 5.41) is 6.44. The molecule has 3 aliphatic rings. The van der Waals surface area contributed by atoms with Crippen LogP contribution in [0.15, 0.2) is 176 Å². The Morgan fingerprint density at radius 3 is 1.84 bits per heavy atom. The van der Waals surface area contributed by atoms with Crippen LogP contribution in [0.1, 0.15) is 45.1 Å². The van der Waals surface area contributed by atoms with E-state index >= 15 is 0 Å². The first kappa shape index (κ1) is 34.0. The molecule has 0 amide bonds. The summed E-state index contributed by atoms with van der Waals surface area (Å²) in [5.74, 6) is 0. The van der Waals surface area contributed by atoms with Gasteiger partial charge in [0.05, 0.1) is 5.54 Å². The Morgan fingerprint density at radius 1 is 0.544 bits per heavy atom. The molecule has 0 spiro atoms. The molecule has 0 bridgehead atoms. The summed E-state index contributed by atoms with van der Waals surface area (Å²) in [6.45, 7) is 5.15. The summed E-state index contributed by atoms with van der Waals surface area (Å²) in [4.78, 5) is 2.83. The van der Waals surface area contributed by atoms with Gasteiger partial charge in [0.1, 0.15) is 0 Å². The zero-order valence-electron chi connectivity index (χ0n) is 32.7. The molecule has 2 aliphatic heterocycles. The van der Waals surface area contributed by atoms with Crippen molar-refractivity contribution in [3.8, 4) is 44.5 Å². The molecule has 57 heavy (non-hydrogen) atoms. The van der Waals surface area contributed by atoms with E-state index in [1.165, 1.54) is 109 Å². The van der Waals surface area contributed by atoms with E-state index in [1.54, 1.807) is 0 Å².